The van der Waals surface area contributed by atoms with Crippen molar-refractivity contribution in [3.8, 4) is 0 Å². The maximum absolute atomic E-state index is 11.6. The van der Waals surface area contributed by atoms with Crippen LogP contribution in [0.4, 0.5) is 4.79 Å². The summed E-state index contributed by atoms with van der Waals surface area (Å²) in [6, 6.07) is -0.177. The highest BCUT2D eigenvalue weighted by Gasteiger charge is 2.18. The van der Waals surface area contributed by atoms with Gasteiger partial charge in [0.1, 0.15) is 0 Å². The fraction of sp³-hybridized carbons (Fsp3) is 0.867. The normalized spacial score (nSPS) is 16.6. The number of urea groups is 1. The molecule has 1 saturated carbocycles. The highest BCUT2D eigenvalue weighted by Crippen LogP contribution is 2.28. The van der Waals surface area contributed by atoms with Gasteiger partial charge in [0.15, 0.2) is 0 Å². The summed E-state index contributed by atoms with van der Waals surface area (Å²) >= 11 is 0. The molecule has 116 valence electrons. The van der Waals surface area contributed by atoms with E-state index in [1.54, 1.807) is 0 Å². The summed E-state index contributed by atoms with van der Waals surface area (Å²) in [6.45, 7) is 5.27. The van der Waals surface area contributed by atoms with Crippen molar-refractivity contribution in [2.75, 3.05) is 13.1 Å². The van der Waals surface area contributed by atoms with Crippen LogP contribution in [0.1, 0.15) is 52.4 Å². The summed E-state index contributed by atoms with van der Waals surface area (Å²) in [5.74, 6) is 0.423. The van der Waals surface area contributed by atoms with E-state index >= 15 is 0 Å². The first-order chi connectivity index (χ1) is 9.47. The first-order valence-electron chi connectivity index (χ1n) is 7.70. The highest BCUT2D eigenvalue weighted by atomic mass is 16.4. The Balaban J connectivity index is 2.15. The Bertz CT molecular complexity index is 314. The number of nitrogens with one attached hydrogen (secondary N) is 2. The monoisotopic (exact) mass is 284 g/mol. The van der Waals surface area contributed by atoms with Crippen LogP contribution in [-0.2, 0) is 4.79 Å². The first kappa shape index (κ1) is 16.8. The fourth-order valence-corrected chi connectivity index (χ4v) is 2.62. The maximum atomic E-state index is 11.6. The minimum atomic E-state index is -0.803. The molecule has 0 bridgehead atoms. The number of carboxylic acid groups (broad SMARTS) is 1. The predicted molar refractivity (Wildman–Crippen MR) is 78.6 cm³/mol. The highest BCUT2D eigenvalue weighted by molar-refractivity contribution is 5.74. The molecule has 1 atom stereocenters. The number of carboxylic acids is 1. The van der Waals surface area contributed by atoms with E-state index in [1.807, 2.05) is 0 Å². The summed E-state index contributed by atoms with van der Waals surface area (Å²) in [4.78, 5) is 22.4. The number of aliphatic carboxylic acids is 1. The second-order valence-corrected chi connectivity index (χ2v) is 6.32. The van der Waals surface area contributed by atoms with Crippen molar-refractivity contribution >= 4 is 12.0 Å². The molecule has 0 heterocycles. The van der Waals surface area contributed by atoms with Crippen LogP contribution in [0.3, 0.4) is 0 Å². The van der Waals surface area contributed by atoms with E-state index in [9.17, 15) is 9.59 Å². The van der Waals surface area contributed by atoms with Gasteiger partial charge in [-0.15, -0.1) is 0 Å². The lowest BCUT2D eigenvalue weighted by molar-refractivity contribution is -0.138. The van der Waals surface area contributed by atoms with Crippen LogP contribution in [0.15, 0.2) is 0 Å². The Morgan fingerprint density at radius 2 is 1.95 bits per heavy atom. The molecule has 2 amide bonds. The van der Waals surface area contributed by atoms with E-state index in [-0.39, 0.29) is 18.4 Å². The van der Waals surface area contributed by atoms with Crippen LogP contribution in [0.25, 0.3) is 0 Å². The molecule has 0 spiro atoms. The third kappa shape index (κ3) is 7.36. The van der Waals surface area contributed by atoms with Crippen molar-refractivity contribution in [2.24, 2.45) is 17.8 Å². The molecule has 0 aromatic carbocycles. The lowest BCUT2D eigenvalue weighted by atomic mass is 9.83. The second-order valence-electron chi connectivity index (χ2n) is 6.32. The van der Waals surface area contributed by atoms with E-state index < -0.39 is 5.97 Å². The Morgan fingerprint density at radius 3 is 2.45 bits per heavy atom. The second kappa shape index (κ2) is 8.82. The third-order valence-corrected chi connectivity index (χ3v) is 3.88. The molecule has 1 rings (SSSR count). The number of amides is 2. The molecule has 0 aliphatic heterocycles. The molecule has 0 radical (unpaired) electrons. The molecule has 1 unspecified atom stereocenters. The van der Waals surface area contributed by atoms with Crippen LogP contribution in [-0.4, -0.2) is 30.2 Å². The number of carbonyl (C=O) groups excluding carboxylic acids is 1. The van der Waals surface area contributed by atoms with Crippen LogP contribution in [0, 0.1) is 17.8 Å². The van der Waals surface area contributed by atoms with Gasteiger partial charge in [-0.25, -0.2) is 4.79 Å². The minimum absolute atomic E-state index is 0.00452. The van der Waals surface area contributed by atoms with Crippen LogP contribution >= 0.6 is 0 Å². The van der Waals surface area contributed by atoms with Crippen molar-refractivity contribution in [3.05, 3.63) is 0 Å². The van der Waals surface area contributed by atoms with E-state index in [0.717, 1.165) is 18.8 Å². The topological polar surface area (TPSA) is 78.4 Å². The van der Waals surface area contributed by atoms with Crippen LogP contribution in [0.5, 0.6) is 0 Å². The average molecular weight is 284 g/mol. The molecule has 1 fully saturated rings. The van der Waals surface area contributed by atoms with Gasteiger partial charge in [-0.2, -0.15) is 0 Å². The third-order valence-electron chi connectivity index (χ3n) is 3.88. The smallest absolute Gasteiger partial charge is 0.314 e. The van der Waals surface area contributed by atoms with Crippen LogP contribution in [0.2, 0.25) is 0 Å². The predicted octanol–water partition coefficient (Wildman–Crippen LogP) is 2.61. The summed E-state index contributed by atoms with van der Waals surface area (Å²) in [5.41, 5.74) is 0. The summed E-state index contributed by atoms with van der Waals surface area (Å²) in [6.07, 6.45) is 5.88. The van der Waals surface area contributed by atoms with E-state index in [2.05, 4.69) is 24.5 Å². The van der Waals surface area contributed by atoms with Crippen molar-refractivity contribution in [1.29, 1.82) is 0 Å². The average Bonchev–Trinajstić information content (AvgIpc) is 2.28. The van der Waals surface area contributed by atoms with Crippen molar-refractivity contribution < 1.29 is 14.7 Å². The quantitative estimate of drug-likeness (QED) is 0.609. The SMILES string of the molecule is CC(C)CC(CNC(=O)NCCC1CCC1)CC(=O)O. The molecule has 0 aromatic rings. The largest absolute Gasteiger partial charge is 0.481 e. The number of hydrogen-bond acceptors (Lipinski definition) is 2. The Hall–Kier alpha value is -1.26. The Kier molecular flexibility index (Phi) is 7.41. The van der Waals surface area contributed by atoms with Crippen molar-refractivity contribution in [3.63, 3.8) is 0 Å². The van der Waals surface area contributed by atoms with Gasteiger partial charge in [0.05, 0.1) is 0 Å². The molecule has 0 aromatic heterocycles. The fourth-order valence-electron chi connectivity index (χ4n) is 2.62. The summed E-state index contributed by atoms with van der Waals surface area (Å²) < 4.78 is 0. The zero-order valence-corrected chi connectivity index (χ0v) is 12.7. The molecule has 5 heteroatoms. The van der Waals surface area contributed by atoms with Gasteiger partial charge in [0.25, 0.3) is 0 Å². The molecule has 1 aliphatic rings. The number of rotatable bonds is 9. The molecule has 5 nitrogen and oxygen atoms in total. The van der Waals surface area contributed by atoms with Gasteiger partial charge < -0.3 is 15.7 Å². The minimum Gasteiger partial charge on any atom is -0.481 e. The molecular formula is C15H28N2O3. The first-order valence-corrected chi connectivity index (χ1v) is 7.70. The lowest BCUT2D eigenvalue weighted by Crippen LogP contribution is -2.39. The molecular weight excluding hydrogens is 256 g/mol. The Labute approximate surface area is 121 Å². The van der Waals surface area contributed by atoms with Gasteiger partial charge >= 0.3 is 12.0 Å². The van der Waals surface area contributed by atoms with E-state index in [0.29, 0.717) is 19.0 Å². The standard InChI is InChI=1S/C15H28N2O3/c1-11(2)8-13(9-14(18)19)10-17-15(20)16-7-6-12-4-3-5-12/h11-13H,3-10H2,1-2H3,(H,18,19)(H2,16,17,20). The van der Waals surface area contributed by atoms with Gasteiger partial charge in [-0.1, -0.05) is 33.1 Å². The van der Waals surface area contributed by atoms with Crippen LogP contribution < -0.4 is 10.6 Å². The Morgan fingerprint density at radius 1 is 1.25 bits per heavy atom. The van der Waals surface area contributed by atoms with Crippen molar-refractivity contribution in [1.82, 2.24) is 10.6 Å². The van der Waals surface area contributed by atoms with Gasteiger partial charge in [0.2, 0.25) is 0 Å². The number of hydrogen-bond donors (Lipinski definition) is 3. The van der Waals surface area contributed by atoms with Gasteiger partial charge in [-0.05, 0) is 30.6 Å². The molecule has 0 saturated heterocycles. The van der Waals surface area contributed by atoms with Gasteiger partial charge in [-0.3, -0.25) is 4.79 Å². The molecule has 20 heavy (non-hydrogen) atoms. The summed E-state index contributed by atoms with van der Waals surface area (Å²) in [5, 5.41) is 14.5. The lowest BCUT2D eigenvalue weighted by Gasteiger charge is -2.25. The molecule has 3 N–H and O–H groups in total. The molecule has 1 aliphatic carbocycles. The van der Waals surface area contributed by atoms with Crippen molar-refractivity contribution in [2.45, 2.75) is 52.4 Å². The van der Waals surface area contributed by atoms with E-state index in [1.165, 1.54) is 19.3 Å². The summed E-state index contributed by atoms with van der Waals surface area (Å²) in [7, 11) is 0. The van der Waals surface area contributed by atoms with E-state index in [4.69, 9.17) is 5.11 Å². The zero-order valence-electron chi connectivity index (χ0n) is 12.7. The number of carbonyl (C=O) groups is 2. The zero-order chi connectivity index (χ0) is 15.0. The maximum Gasteiger partial charge on any atom is 0.314 e. The van der Waals surface area contributed by atoms with Gasteiger partial charge in [0, 0.05) is 19.5 Å².